The zero-order valence-electron chi connectivity index (χ0n) is 10.2. The van der Waals surface area contributed by atoms with E-state index in [0.29, 0.717) is 6.79 Å². The largest absolute Gasteiger partial charge is 0.454 e. The molecule has 1 aliphatic rings. The maximum atomic E-state index is 5.46. The number of aryl methyl sites for hydroxylation is 1. The molecule has 0 saturated heterocycles. The molecule has 2 heterocycles. The van der Waals surface area contributed by atoms with E-state index in [-0.39, 0.29) is 0 Å². The Morgan fingerprint density at radius 3 is 3.11 bits per heavy atom. The van der Waals surface area contributed by atoms with E-state index in [1.807, 2.05) is 37.6 Å². The Bertz CT molecular complexity index is 551. The fraction of sp³-hybridized carbons (Fsp3) is 0.308. The molecule has 94 valence electrons. The van der Waals surface area contributed by atoms with Gasteiger partial charge in [0.05, 0.1) is 6.20 Å². The molecule has 0 amide bonds. The minimum Gasteiger partial charge on any atom is -0.454 e. The third kappa shape index (κ3) is 2.17. The van der Waals surface area contributed by atoms with E-state index in [0.717, 1.165) is 30.2 Å². The molecule has 1 N–H and O–H groups in total. The van der Waals surface area contributed by atoms with Gasteiger partial charge in [0.1, 0.15) is 0 Å². The molecule has 5 heteroatoms. The van der Waals surface area contributed by atoms with Crippen LogP contribution in [0.1, 0.15) is 11.1 Å². The zero-order valence-corrected chi connectivity index (χ0v) is 10.2. The molecule has 3 rings (SSSR count). The summed E-state index contributed by atoms with van der Waals surface area (Å²) in [5, 5.41) is 7.50. The molecule has 0 saturated carbocycles. The van der Waals surface area contributed by atoms with Crippen molar-refractivity contribution in [2.24, 2.45) is 7.05 Å². The molecular formula is C13H15N3O2. The molecule has 0 aliphatic carbocycles. The molecule has 1 aliphatic heterocycles. The van der Waals surface area contributed by atoms with Crippen LogP contribution in [-0.4, -0.2) is 16.6 Å². The van der Waals surface area contributed by atoms with Crippen LogP contribution in [0.2, 0.25) is 0 Å². The van der Waals surface area contributed by atoms with Crippen molar-refractivity contribution >= 4 is 0 Å². The van der Waals surface area contributed by atoms with Gasteiger partial charge in [-0.2, -0.15) is 5.10 Å². The number of hydrogen-bond acceptors (Lipinski definition) is 4. The Morgan fingerprint density at radius 1 is 1.33 bits per heavy atom. The average Bonchev–Trinajstić information content (AvgIpc) is 2.98. The minimum absolute atomic E-state index is 0.314. The molecule has 18 heavy (non-hydrogen) atoms. The highest BCUT2D eigenvalue weighted by Gasteiger charge is 2.16. The molecule has 0 bridgehead atoms. The molecule has 1 aromatic heterocycles. The smallest absolute Gasteiger partial charge is 0.231 e. The lowest BCUT2D eigenvalue weighted by atomic mass is 10.2. The van der Waals surface area contributed by atoms with Gasteiger partial charge in [0, 0.05) is 37.5 Å². The highest BCUT2D eigenvalue weighted by molar-refractivity contribution is 5.48. The lowest BCUT2D eigenvalue weighted by molar-refractivity contribution is 0.173. The lowest BCUT2D eigenvalue weighted by Gasteiger charge is -2.06. The maximum absolute atomic E-state index is 5.46. The van der Waals surface area contributed by atoms with Gasteiger partial charge in [-0.15, -0.1) is 0 Å². The monoisotopic (exact) mass is 245 g/mol. The van der Waals surface area contributed by atoms with Crippen LogP contribution < -0.4 is 14.8 Å². The first-order valence-corrected chi connectivity index (χ1v) is 5.88. The number of nitrogens with zero attached hydrogens (tertiary/aromatic N) is 2. The van der Waals surface area contributed by atoms with Gasteiger partial charge >= 0.3 is 0 Å². The van der Waals surface area contributed by atoms with Crippen molar-refractivity contribution in [3.8, 4) is 11.5 Å². The van der Waals surface area contributed by atoms with Gasteiger partial charge in [-0.05, 0) is 6.07 Å². The maximum Gasteiger partial charge on any atom is 0.231 e. The van der Waals surface area contributed by atoms with Crippen LogP contribution in [0.15, 0.2) is 30.6 Å². The molecule has 0 radical (unpaired) electrons. The average molecular weight is 245 g/mol. The number of fused-ring (bicyclic) bond motifs is 1. The molecule has 0 unspecified atom stereocenters. The van der Waals surface area contributed by atoms with E-state index in [1.165, 1.54) is 5.56 Å². The Labute approximate surface area is 105 Å². The summed E-state index contributed by atoms with van der Waals surface area (Å²) >= 11 is 0. The van der Waals surface area contributed by atoms with E-state index in [9.17, 15) is 0 Å². The van der Waals surface area contributed by atoms with Crippen molar-refractivity contribution in [3.05, 3.63) is 41.7 Å². The van der Waals surface area contributed by atoms with Crippen molar-refractivity contribution in [2.45, 2.75) is 13.1 Å². The van der Waals surface area contributed by atoms with Crippen LogP contribution in [0.3, 0.4) is 0 Å². The van der Waals surface area contributed by atoms with E-state index in [2.05, 4.69) is 10.4 Å². The third-order valence-electron chi connectivity index (χ3n) is 2.88. The number of hydrogen-bond donors (Lipinski definition) is 1. The highest BCUT2D eigenvalue weighted by atomic mass is 16.7. The summed E-state index contributed by atoms with van der Waals surface area (Å²) in [6, 6.07) is 5.95. The van der Waals surface area contributed by atoms with Crippen molar-refractivity contribution < 1.29 is 9.47 Å². The highest BCUT2D eigenvalue weighted by Crippen LogP contribution is 2.35. The van der Waals surface area contributed by atoms with Gasteiger partial charge < -0.3 is 14.8 Å². The molecule has 0 fully saturated rings. The van der Waals surface area contributed by atoms with Crippen LogP contribution in [0, 0.1) is 0 Å². The number of rotatable bonds is 4. The SMILES string of the molecule is Cn1cc(CNCc2cccc3c2OCO3)cn1. The van der Waals surface area contributed by atoms with E-state index >= 15 is 0 Å². The summed E-state index contributed by atoms with van der Waals surface area (Å²) in [5.74, 6) is 1.69. The Hall–Kier alpha value is -2.01. The number of para-hydroxylation sites is 1. The second kappa shape index (κ2) is 4.70. The number of nitrogens with one attached hydrogen (secondary N) is 1. The number of ether oxygens (including phenoxy) is 2. The van der Waals surface area contributed by atoms with Gasteiger partial charge in [0.2, 0.25) is 6.79 Å². The normalized spacial score (nSPS) is 12.9. The molecular weight excluding hydrogens is 230 g/mol. The first-order chi connectivity index (χ1) is 8.83. The Balaban J connectivity index is 1.62. The number of aromatic nitrogens is 2. The van der Waals surface area contributed by atoms with Gasteiger partial charge in [0.25, 0.3) is 0 Å². The lowest BCUT2D eigenvalue weighted by Crippen LogP contribution is -2.12. The second-order valence-corrected chi connectivity index (χ2v) is 4.28. The summed E-state index contributed by atoms with van der Waals surface area (Å²) < 4.78 is 12.6. The Kier molecular flexibility index (Phi) is 2.90. The topological polar surface area (TPSA) is 48.3 Å². The van der Waals surface area contributed by atoms with Crippen molar-refractivity contribution in [1.29, 1.82) is 0 Å². The molecule has 1 aromatic carbocycles. The molecule has 2 aromatic rings. The second-order valence-electron chi connectivity index (χ2n) is 4.28. The van der Waals surface area contributed by atoms with Gasteiger partial charge in [0.15, 0.2) is 11.5 Å². The van der Waals surface area contributed by atoms with Crippen LogP contribution in [-0.2, 0) is 20.1 Å². The molecule has 0 atom stereocenters. The van der Waals surface area contributed by atoms with E-state index in [1.54, 1.807) is 4.68 Å². The summed E-state index contributed by atoms with van der Waals surface area (Å²) in [5.41, 5.74) is 2.29. The van der Waals surface area contributed by atoms with Gasteiger partial charge in [-0.3, -0.25) is 4.68 Å². The first-order valence-electron chi connectivity index (χ1n) is 5.88. The minimum atomic E-state index is 0.314. The van der Waals surface area contributed by atoms with Crippen LogP contribution in [0.4, 0.5) is 0 Å². The van der Waals surface area contributed by atoms with Crippen LogP contribution in [0.25, 0.3) is 0 Å². The zero-order chi connectivity index (χ0) is 12.4. The standard InChI is InChI=1S/C13H15N3O2/c1-16-8-10(6-15-16)5-14-7-11-3-2-4-12-13(11)18-9-17-12/h2-4,6,8,14H,5,7,9H2,1H3. The first kappa shape index (κ1) is 11.1. The van der Waals surface area contributed by atoms with Gasteiger partial charge in [-0.25, -0.2) is 0 Å². The summed E-state index contributed by atoms with van der Waals surface area (Å²) in [4.78, 5) is 0. The van der Waals surface area contributed by atoms with E-state index < -0.39 is 0 Å². The summed E-state index contributed by atoms with van der Waals surface area (Å²) in [6.07, 6.45) is 3.87. The number of benzene rings is 1. The Morgan fingerprint density at radius 2 is 2.28 bits per heavy atom. The van der Waals surface area contributed by atoms with Crippen LogP contribution in [0.5, 0.6) is 11.5 Å². The van der Waals surface area contributed by atoms with E-state index in [4.69, 9.17) is 9.47 Å². The van der Waals surface area contributed by atoms with Crippen molar-refractivity contribution in [3.63, 3.8) is 0 Å². The third-order valence-corrected chi connectivity index (χ3v) is 2.88. The van der Waals surface area contributed by atoms with Gasteiger partial charge in [-0.1, -0.05) is 12.1 Å². The summed E-state index contributed by atoms with van der Waals surface area (Å²) in [6.45, 7) is 1.86. The fourth-order valence-corrected chi connectivity index (χ4v) is 2.03. The summed E-state index contributed by atoms with van der Waals surface area (Å²) in [7, 11) is 1.92. The fourth-order valence-electron chi connectivity index (χ4n) is 2.03. The van der Waals surface area contributed by atoms with Crippen molar-refractivity contribution in [2.75, 3.05) is 6.79 Å². The molecule has 5 nitrogen and oxygen atoms in total. The predicted octanol–water partition coefficient (Wildman–Crippen LogP) is 1.44. The quantitative estimate of drug-likeness (QED) is 0.885. The van der Waals surface area contributed by atoms with Crippen molar-refractivity contribution in [1.82, 2.24) is 15.1 Å². The van der Waals surface area contributed by atoms with Crippen LogP contribution >= 0.6 is 0 Å². The molecule has 0 spiro atoms. The predicted molar refractivity (Wildman–Crippen MR) is 66.3 cm³/mol.